The molecule has 0 saturated carbocycles. The molecule has 2 atom stereocenters. The fourth-order valence-electron chi connectivity index (χ4n) is 3.85. The second-order valence-corrected chi connectivity index (χ2v) is 7.07. The lowest BCUT2D eigenvalue weighted by atomic mass is 10.0. The summed E-state index contributed by atoms with van der Waals surface area (Å²) in [4.78, 5) is 13.7. The van der Waals surface area contributed by atoms with Crippen LogP contribution in [-0.4, -0.2) is 28.5 Å². The molecule has 0 radical (unpaired) electrons. The molecule has 0 bridgehead atoms. The van der Waals surface area contributed by atoms with Gasteiger partial charge in [-0.05, 0) is 12.0 Å². The van der Waals surface area contributed by atoms with E-state index in [0.29, 0.717) is 6.42 Å². The lowest BCUT2D eigenvalue weighted by molar-refractivity contribution is -0.525. The van der Waals surface area contributed by atoms with Gasteiger partial charge in [0, 0.05) is 24.4 Å². The van der Waals surface area contributed by atoms with Crippen molar-refractivity contribution < 1.29 is 4.92 Å². The molecule has 1 aliphatic heterocycles. The van der Waals surface area contributed by atoms with E-state index in [0.717, 1.165) is 25.9 Å². The molecule has 134 valence electrons. The predicted molar refractivity (Wildman–Crippen MR) is 98.6 cm³/mol. The van der Waals surface area contributed by atoms with Crippen molar-refractivity contribution in [2.75, 3.05) is 6.54 Å². The zero-order valence-electron chi connectivity index (χ0n) is 15.0. The van der Waals surface area contributed by atoms with E-state index in [1.807, 2.05) is 18.2 Å². The van der Waals surface area contributed by atoms with E-state index >= 15 is 0 Å². The molecular formula is C20H32N2O2. The van der Waals surface area contributed by atoms with Gasteiger partial charge in [-0.3, -0.25) is 15.0 Å². The zero-order valence-corrected chi connectivity index (χ0v) is 15.0. The fraction of sp³-hybridized carbons (Fsp3) is 0.700. The van der Waals surface area contributed by atoms with Gasteiger partial charge in [-0.15, -0.1) is 0 Å². The van der Waals surface area contributed by atoms with Crippen LogP contribution in [0.5, 0.6) is 0 Å². The Labute approximate surface area is 146 Å². The topological polar surface area (TPSA) is 46.4 Å². The molecule has 4 nitrogen and oxygen atoms in total. The Balaban J connectivity index is 1.80. The highest BCUT2D eigenvalue weighted by molar-refractivity contribution is 5.15. The number of hydrogen-bond acceptors (Lipinski definition) is 3. The van der Waals surface area contributed by atoms with Crippen molar-refractivity contribution in [1.82, 2.24) is 4.90 Å². The van der Waals surface area contributed by atoms with Crippen molar-refractivity contribution in [2.45, 2.75) is 83.3 Å². The molecule has 0 spiro atoms. The number of unbranched alkanes of at least 4 members (excludes halogenated alkanes) is 6. The normalized spacial score (nSPS) is 21.2. The van der Waals surface area contributed by atoms with Gasteiger partial charge in [0.2, 0.25) is 6.04 Å². The molecule has 0 N–H and O–H groups in total. The lowest BCUT2D eigenvalue weighted by Crippen LogP contribution is -2.38. The smallest absolute Gasteiger partial charge is 0.229 e. The first-order valence-corrected chi connectivity index (χ1v) is 9.64. The minimum atomic E-state index is -0.381. The highest BCUT2D eigenvalue weighted by atomic mass is 16.6. The molecule has 1 heterocycles. The third-order valence-electron chi connectivity index (χ3n) is 5.23. The van der Waals surface area contributed by atoms with E-state index in [1.54, 1.807) is 0 Å². The van der Waals surface area contributed by atoms with E-state index in [2.05, 4.69) is 24.0 Å². The molecule has 0 aromatic heterocycles. The lowest BCUT2D eigenvalue weighted by Gasteiger charge is -2.25. The number of nitrogens with zero attached hydrogens (tertiary/aromatic N) is 2. The van der Waals surface area contributed by atoms with Crippen molar-refractivity contribution in [3.05, 3.63) is 46.0 Å². The maximum Gasteiger partial charge on any atom is 0.229 e. The van der Waals surface area contributed by atoms with Crippen LogP contribution in [0.1, 0.15) is 70.3 Å². The van der Waals surface area contributed by atoms with Crippen molar-refractivity contribution in [3.63, 3.8) is 0 Å². The third-order valence-corrected chi connectivity index (χ3v) is 5.23. The quantitative estimate of drug-likeness (QED) is 0.324. The Kier molecular flexibility index (Phi) is 8.23. The van der Waals surface area contributed by atoms with Crippen LogP contribution in [0.2, 0.25) is 0 Å². The molecule has 1 aromatic rings. The number of benzene rings is 1. The first-order chi connectivity index (χ1) is 11.7. The van der Waals surface area contributed by atoms with Gasteiger partial charge in [0.25, 0.3) is 0 Å². The SMILES string of the molecule is CCCCCCCCC[C@@H]1[C@@H]([N+](=O)[O-])CCN1Cc1ccccc1. The fourth-order valence-corrected chi connectivity index (χ4v) is 3.85. The van der Waals surface area contributed by atoms with Crippen molar-refractivity contribution >= 4 is 0 Å². The molecule has 4 heteroatoms. The number of nitro groups is 1. The van der Waals surface area contributed by atoms with Crippen LogP contribution in [0.25, 0.3) is 0 Å². The average molecular weight is 332 g/mol. The molecule has 1 aromatic carbocycles. The van der Waals surface area contributed by atoms with Crippen molar-refractivity contribution in [3.8, 4) is 0 Å². The summed E-state index contributed by atoms with van der Waals surface area (Å²) in [5, 5.41) is 11.4. The molecular weight excluding hydrogens is 300 g/mol. The van der Waals surface area contributed by atoms with E-state index in [4.69, 9.17) is 0 Å². The van der Waals surface area contributed by atoms with Crippen LogP contribution in [-0.2, 0) is 6.54 Å². The number of hydrogen-bond donors (Lipinski definition) is 0. The van der Waals surface area contributed by atoms with Gasteiger partial charge >= 0.3 is 0 Å². The van der Waals surface area contributed by atoms with Crippen LogP contribution in [0, 0.1) is 10.1 Å². The highest BCUT2D eigenvalue weighted by Crippen LogP contribution is 2.27. The number of likely N-dealkylation sites (tertiary alicyclic amines) is 1. The molecule has 1 fully saturated rings. The molecule has 24 heavy (non-hydrogen) atoms. The molecule has 0 unspecified atom stereocenters. The summed E-state index contributed by atoms with van der Waals surface area (Å²) >= 11 is 0. The van der Waals surface area contributed by atoms with E-state index in [1.165, 1.54) is 44.1 Å². The van der Waals surface area contributed by atoms with Gasteiger partial charge in [0.15, 0.2) is 0 Å². The Morgan fingerprint density at radius 3 is 2.42 bits per heavy atom. The van der Waals surface area contributed by atoms with Crippen LogP contribution in [0.3, 0.4) is 0 Å². The highest BCUT2D eigenvalue weighted by Gasteiger charge is 2.41. The zero-order chi connectivity index (χ0) is 17.2. The Bertz CT molecular complexity index is 478. The monoisotopic (exact) mass is 332 g/mol. The van der Waals surface area contributed by atoms with Crippen LogP contribution in [0.15, 0.2) is 30.3 Å². The van der Waals surface area contributed by atoms with Gasteiger partial charge in [-0.2, -0.15) is 0 Å². The first-order valence-electron chi connectivity index (χ1n) is 9.64. The van der Waals surface area contributed by atoms with Gasteiger partial charge in [-0.25, -0.2) is 0 Å². The largest absolute Gasteiger partial charge is 0.289 e. The predicted octanol–water partition coefficient (Wildman–Crippen LogP) is 5.05. The second-order valence-electron chi connectivity index (χ2n) is 7.07. The Morgan fingerprint density at radius 1 is 1.08 bits per heavy atom. The minimum absolute atomic E-state index is 0.0447. The van der Waals surface area contributed by atoms with Gasteiger partial charge in [0.05, 0.1) is 6.04 Å². The number of rotatable bonds is 11. The summed E-state index contributed by atoms with van der Waals surface area (Å²) < 4.78 is 0. The summed E-state index contributed by atoms with van der Waals surface area (Å²) in [6, 6.07) is 10.1. The molecule has 1 aliphatic rings. The van der Waals surface area contributed by atoms with E-state index in [-0.39, 0.29) is 17.0 Å². The van der Waals surface area contributed by atoms with Crippen LogP contribution in [0.4, 0.5) is 0 Å². The molecule has 1 saturated heterocycles. The molecule has 2 rings (SSSR count). The Morgan fingerprint density at radius 2 is 1.75 bits per heavy atom. The summed E-state index contributed by atoms with van der Waals surface area (Å²) in [7, 11) is 0. The average Bonchev–Trinajstić information content (AvgIpc) is 2.98. The maximum absolute atomic E-state index is 11.4. The summed E-state index contributed by atoms with van der Waals surface area (Å²) in [6.07, 6.45) is 10.5. The van der Waals surface area contributed by atoms with Crippen LogP contribution < -0.4 is 0 Å². The first kappa shape index (κ1) is 18.9. The standard InChI is InChI=1S/C20H32N2O2/c1-2-3-4-5-6-7-11-14-19-20(22(23)24)15-16-21(19)17-18-12-9-8-10-13-18/h8-10,12-13,19-20H,2-7,11,14-17H2,1H3/t19-,20+/m1/s1. The maximum atomic E-state index is 11.4. The summed E-state index contributed by atoms with van der Waals surface area (Å²) in [6.45, 7) is 3.92. The van der Waals surface area contributed by atoms with Crippen molar-refractivity contribution in [2.24, 2.45) is 0 Å². The molecule has 0 aliphatic carbocycles. The van der Waals surface area contributed by atoms with E-state index < -0.39 is 0 Å². The minimum Gasteiger partial charge on any atom is -0.289 e. The van der Waals surface area contributed by atoms with Crippen molar-refractivity contribution in [1.29, 1.82) is 0 Å². The second kappa shape index (κ2) is 10.4. The molecule has 0 amide bonds. The van der Waals surface area contributed by atoms with Gasteiger partial charge < -0.3 is 0 Å². The Hall–Kier alpha value is -1.42. The van der Waals surface area contributed by atoms with Gasteiger partial charge in [-0.1, -0.05) is 82.2 Å². The van der Waals surface area contributed by atoms with Gasteiger partial charge in [0.1, 0.15) is 0 Å². The summed E-state index contributed by atoms with van der Waals surface area (Å²) in [5.41, 5.74) is 1.26. The third kappa shape index (κ3) is 5.90. The summed E-state index contributed by atoms with van der Waals surface area (Å²) in [5.74, 6) is 0. The van der Waals surface area contributed by atoms with Crippen LogP contribution >= 0.6 is 0 Å². The van der Waals surface area contributed by atoms with E-state index in [9.17, 15) is 10.1 Å².